The molecule has 2 aromatic rings. The molecule has 0 aliphatic rings. The van der Waals surface area contributed by atoms with Gasteiger partial charge in [-0.3, -0.25) is 0 Å². The van der Waals surface area contributed by atoms with Gasteiger partial charge >= 0.3 is 11.9 Å². The summed E-state index contributed by atoms with van der Waals surface area (Å²) in [5, 5.41) is 0. The van der Waals surface area contributed by atoms with E-state index >= 15 is 0 Å². The van der Waals surface area contributed by atoms with Crippen LogP contribution in [0.25, 0.3) is 11.1 Å². The number of nitrogens with zero attached hydrogens (tertiary/aromatic N) is 1. The third kappa shape index (κ3) is 2.96. The van der Waals surface area contributed by atoms with Crippen molar-refractivity contribution in [2.75, 3.05) is 6.61 Å². The fourth-order valence-corrected chi connectivity index (χ4v) is 1.45. The van der Waals surface area contributed by atoms with Gasteiger partial charge in [0.1, 0.15) is 5.52 Å². The highest BCUT2D eigenvalue weighted by atomic mass is 19.3. The van der Waals surface area contributed by atoms with E-state index in [1.165, 1.54) is 6.07 Å². The van der Waals surface area contributed by atoms with E-state index < -0.39 is 17.8 Å². The van der Waals surface area contributed by atoms with Crippen molar-refractivity contribution in [1.82, 2.24) is 4.98 Å². The van der Waals surface area contributed by atoms with Crippen molar-refractivity contribution in [2.45, 2.75) is 12.8 Å². The van der Waals surface area contributed by atoms with Crippen molar-refractivity contribution in [2.24, 2.45) is 0 Å². The number of hydrogen-bond acceptors (Lipinski definition) is 4. The van der Waals surface area contributed by atoms with Crippen molar-refractivity contribution in [3.63, 3.8) is 0 Å². The van der Waals surface area contributed by atoms with Gasteiger partial charge in [-0.15, -0.1) is 0 Å². The molecule has 0 saturated heterocycles. The quantitative estimate of drug-likeness (QED) is 0.631. The van der Waals surface area contributed by atoms with Gasteiger partial charge in [-0.2, -0.15) is 8.78 Å². The van der Waals surface area contributed by atoms with Crippen molar-refractivity contribution in [3.05, 3.63) is 42.3 Å². The molecule has 0 unspecified atom stereocenters. The third-order valence-corrected chi connectivity index (χ3v) is 2.29. The van der Waals surface area contributed by atoms with Gasteiger partial charge < -0.3 is 9.15 Å². The molecular formula is C13H11F2NO3. The molecule has 0 spiro atoms. The largest absolute Gasteiger partial charge is 0.463 e. The Hall–Kier alpha value is -2.24. The van der Waals surface area contributed by atoms with E-state index in [2.05, 4.69) is 9.72 Å². The van der Waals surface area contributed by atoms with Crippen molar-refractivity contribution < 1.29 is 22.7 Å². The second-order valence-electron chi connectivity index (χ2n) is 3.70. The normalized spacial score (nSPS) is 12.2. The minimum absolute atomic E-state index is 0.123. The fourth-order valence-electron chi connectivity index (χ4n) is 1.45. The van der Waals surface area contributed by atoms with E-state index in [1.807, 2.05) is 0 Å². The van der Waals surface area contributed by atoms with Crippen molar-refractivity contribution in [3.8, 4) is 0 Å². The molecule has 19 heavy (non-hydrogen) atoms. The molecular weight excluding hydrogens is 256 g/mol. The Bertz CT molecular complexity index is 586. The molecule has 0 N–H and O–H groups in total. The molecule has 1 heterocycles. The first-order valence-electron chi connectivity index (χ1n) is 5.63. The Morgan fingerprint density at radius 1 is 1.47 bits per heavy atom. The van der Waals surface area contributed by atoms with Crippen LogP contribution in [0.5, 0.6) is 0 Å². The van der Waals surface area contributed by atoms with Crippen LogP contribution in [-0.4, -0.2) is 17.6 Å². The van der Waals surface area contributed by atoms with Gasteiger partial charge in [-0.1, -0.05) is 12.1 Å². The lowest BCUT2D eigenvalue weighted by molar-refractivity contribution is -0.137. The molecule has 0 fully saturated rings. The van der Waals surface area contributed by atoms with Crippen LogP contribution in [0.1, 0.15) is 12.8 Å². The lowest BCUT2D eigenvalue weighted by Gasteiger charge is -2.05. The van der Waals surface area contributed by atoms with Gasteiger partial charge in [0, 0.05) is 12.2 Å². The standard InChI is InChI=1S/C13H11F2NO3/c1-2-18-11(17)7-8-13(14,15)12-16-9-5-3-4-6-10(9)19-12/h3-8H,2H2,1H3. The number of esters is 1. The van der Waals surface area contributed by atoms with E-state index in [-0.39, 0.29) is 12.2 Å². The van der Waals surface area contributed by atoms with Crippen LogP contribution in [0.15, 0.2) is 40.8 Å². The number of halogens is 2. The number of benzene rings is 1. The summed E-state index contributed by atoms with van der Waals surface area (Å²) in [6.07, 6.45) is 1.08. The molecule has 0 aliphatic carbocycles. The van der Waals surface area contributed by atoms with Crippen LogP contribution in [0.2, 0.25) is 0 Å². The maximum atomic E-state index is 13.7. The highest BCUT2D eigenvalue weighted by Gasteiger charge is 2.34. The first-order valence-corrected chi connectivity index (χ1v) is 5.63. The molecule has 0 radical (unpaired) electrons. The number of alkyl halides is 2. The summed E-state index contributed by atoms with van der Waals surface area (Å²) >= 11 is 0. The lowest BCUT2D eigenvalue weighted by Crippen LogP contribution is -2.11. The monoisotopic (exact) mass is 267 g/mol. The number of fused-ring (bicyclic) bond motifs is 1. The molecule has 4 nitrogen and oxygen atoms in total. The predicted octanol–water partition coefficient (Wildman–Crippen LogP) is 3.04. The highest BCUT2D eigenvalue weighted by Crippen LogP contribution is 2.31. The average molecular weight is 267 g/mol. The highest BCUT2D eigenvalue weighted by molar-refractivity contribution is 5.82. The molecule has 1 aromatic carbocycles. The molecule has 0 bridgehead atoms. The van der Waals surface area contributed by atoms with E-state index in [9.17, 15) is 13.6 Å². The molecule has 2 rings (SSSR count). The number of oxazole rings is 1. The number of carbonyl (C=O) groups excluding carboxylic acids is 1. The fraction of sp³-hybridized carbons (Fsp3) is 0.231. The Labute approximate surface area is 107 Å². The maximum Gasteiger partial charge on any atom is 0.341 e. The Morgan fingerprint density at radius 2 is 2.21 bits per heavy atom. The van der Waals surface area contributed by atoms with Crippen molar-refractivity contribution in [1.29, 1.82) is 0 Å². The minimum atomic E-state index is -3.47. The molecule has 0 amide bonds. The molecule has 0 saturated carbocycles. The summed E-state index contributed by atoms with van der Waals surface area (Å²) in [6.45, 7) is 1.71. The number of rotatable bonds is 4. The van der Waals surface area contributed by atoms with Gasteiger partial charge in [0.2, 0.25) is 0 Å². The number of carbonyl (C=O) groups is 1. The number of ether oxygens (including phenoxy) is 1. The van der Waals surface area contributed by atoms with Crippen LogP contribution in [0, 0.1) is 0 Å². The first-order chi connectivity index (χ1) is 9.03. The maximum absolute atomic E-state index is 13.7. The summed E-state index contributed by atoms with van der Waals surface area (Å²) in [5.74, 6) is -5.06. The van der Waals surface area contributed by atoms with E-state index in [0.717, 1.165) is 0 Å². The van der Waals surface area contributed by atoms with Gasteiger partial charge in [-0.25, -0.2) is 9.78 Å². The lowest BCUT2D eigenvalue weighted by atomic mass is 10.3. The number of aromatic nitrogens is 1. The number of allylic oxidation sites excluding steroid dienone is 1. The van der Waals surface area contributed by atoms with Gasteiger partial charge in [0.15, 0.2) is 5.58 Å². The van der Waals surface area contributed by atoms with Crippen LogP contribution in [0.3, 0.4) is 0 Å². The van der Waals surface area contributed by atoms with Gasteiger partial charge in [-0.05, 0) is 19.1 Å². The second kappa shape index (κ2) is 5.17. The van der Waals surface area contributed by atoms with E-state index in [1.54, 1.807) is 25.1 Å². The van der Waals surface area contributed by atoms with Crippen LogP contribution in [0.4, 0.5) is 8.78 Å². The minimum Gasteiger partial charge on any atom is -0.463 e. The summed E-state index contributed by atoms with van der Waals surface area (Å²) in [6, 6.07) is 6.43. The topological polar surface area (TPSA) is 52.3 Å². The van der Waals surface area contributed by atoms with Crippen molar-refractivity contribution >= 4 is 17.1 Å². The second-order valence-corrected chi connectivity index (χ2v) is 3.70. The van der Waals surface area contributed by atoms with Gasteiger partial charge in [0.05, 0.1) is 6.61 Å². The molecule has 6 heteroatoms. The Balaban J connectivity index is 2.25. The smallest absolute Gasteiger partial charge is 0.341 e. The summed E-state index contributed by atoms with van der Waals surface area (Å²) in [4.78, 5) is 14.7. The van der Waals surface area contributed by atoms with Gasteiger partial charge in [0.25, 0.3) is 5.89 Å². The predicted molar refractivity (Wildman–Crippen MR) is 63.7 cm³/mol. The SMILES string of the molecule is CCOC(=O)C=CC(F)(F)c1nc2ccccc2o1. The summed E-state index contributed by atoms with van der Waals surface area (Å²) in [7, 11) is 0. The average Bonchev–Trinajstić information content (AvgIpc) is 2.81. The Morgan fingerprint density at radius 3 is 2.89 bits per heavy atom. The van der Waals surface area contributed by atoms with E-state index in [4.69, 9.17) is 4.42 Å². The molecule has 0 aliphatic heterocycles. The number of para-hydroxylation sites is 2. The van der Waals surface area contributed by atoms with Crippen LogP contribution >= 0.6 is 0 Å². The Kier molecular flexibility index (Phi) is 3.59. The van der Waals surface area contributed by atoms with Crippen LogP contribution in [-0.2, 0) is 15.5 Å². The molecule has 0 atom stereocenters. The third-order valence-electron chi connectivity index (χ3n) is 2.29. The van der Waals surface area contributed by atoms with Crippen LogP contribution < -0.4 is 0 Å². The summed E-state index contributed by atoms with van der Waals surface area (Å²) < 4.78 is 37.0. The zero-order valence-electron chi connectivity index (χ0n) is 10.1. The summed E-state index contributed by atoms with van der Waals surface area (Å²) in [5.41, 5.74) is 0.600. The zero-order chi connectivity index (χ0) is 13.9. The zero-order valence-corrected chi connectivity index (χ0v) is 10.1. The number of hydrogen-bond donors (Lipinski definition) is 0. The van der Waals surface area contributed by atoms with E-state index in [0.29, 0.717) is 17.7 Å². The first kappa shape index (κ1) is 13.2. The molecule has 1 aromatic heterocycles. The molecule has 100 valence electrons.